The van der Waals surface area contributed by atoms with Crippen LogP contribution in [0.25, 0.3) is 0 Å². The number of nitrogens with zero attached hydrogens (tertiary/aromatic N) is 2. The second-order valence-electron chi connectivity index (χ2n) is 6.39. The molecule has 1 heterocycles. The molecule has 0 aliphatic rings. The van der Waals surface area contributed by atoms with Crippen molar-refractivity contribution in [3.8, 4) is 0 Å². The molecular formula is C20H29N3O3S2. The van der Waals surface area contributed by atoms with Gasteiger partial charge < -0.3 is 15.1 Å². The zero-order valence-corrected chi connectivity index (χ0v) is 18.4. The van der Waals surface area contributed by atoms with Crippen molar-refractivity contribution < 1.29 is 13.2 Å². The SMILES string of the molecule is CCN(CC)CCN(Cc1cccs1)C(=O)Nc1cccc(S(=O)(=O)CC)c1. The number of urea groups is 1. The Morgan fingerprint density at radius 1 is 1.07 bits per heavy atom. The summed E-state index contributed by atoms with van der Waals surface area (Å²) in [6, 6.07) is 10.2. The number of carbonyl (C=O) groups is 1. The maximum atomic E-state index is 12.9. The van der Waals surface area contributed by atoms with Gasteiger partial charge in [-0.1, -0.05) is 32.9 Å². The highest BCUT2D eigenvalue weighted by Crippen LogP contribution is 2.18. The number of rotatable bonds is 10. The number of hydrogen-bond donors (Lipinski definition) is 1. The third-order valence-corrected chi connectivity index (χ3v) is 7.21. The van der Waals surface area contributed by atoms with Crippen LogP contribution in [0.1, 0.15) is 25.6 Å². The highest BCUT2D eigenvalue weighted by Gasteiger charge is 2.17. The van der Waals surface area contributed by atoms with Crippen molar-refractivity contribution in [1.82, 2.24) is 9.80 Å². The van der Waals surface area contributed by atoms with Gasteiger partial charge in [0.2, 0.25) is 0 Å². The zero-order chi connectivity index (χ0) is 20.6. The summed E-state index contributed by atoms with van der Waals surface area (Å²) in [6.07, 6.45) is 0. The summed E-state index contributed by atoms with van der Waals surface area (Å²) >= 11 is 1.61. The van der Waals surface area contributed by atoms with Crippen LogP contribution in [0.3, 0.4) is 0 Å². The van der Waals surface area contributed by atoms with Gasteiger partial charge in [0.15, 0.2) is 9.84 Å². The summed E-state index contributed by atoms with van der Waals surface area (Å²) in [4.78, 5) is 18.3. The summed E-state index contributed by atoms with van der Waals surface area (Å²) in [5, 5.41) is 4.85. The molecule has 28 heavy (non-hydrogen) atoms. The normalized spacial score (nSPS) is 11.6. The second-order valence-corrected chi connectivity index (χ2v) is 9.70. The van der Waals surface area contributed by atoms with E-state index in [1.807, 2.05) is 17.5 Å². The number of thiophene rings is 1. The molecule has 2 rings (SSSR count). The minimum absolute atomic E-state index is 0.0266. The van der Waals surface area contributed by atoms with E-state index in [-0.39, 0.29) is 16.7 Å². The van der Waals surface area contributed by atoms with Gasteiger partial charge >= 0.3 is 6.03 Å². The number of amides is 2. The van der Waals surface area contributed by atoms with Crippen LogP contribution in [-0.2, 0) is 16.4 Å². The van der Waals surface area contributed by atoms with Crippen LogP contribution in [0.15, 0.2) is 46.7 Å². The average Bonchev–Trinajstić information content (AvgIpc) is 3.21. The van der Waals surface area contributed by atoms with Crippen molar-refractivity contribution >= 4 is 32.9 Å². The fourth-order valence-electron chi connectivity index (χ4n) is 2.78. The quantitative estimate of drug-likeness (QED) is 0.629. The van der Waals surface area contributed by atoms with E-state index in [0.29, 0.717) is 18.8 Å². The molecular weight excluding hydrogens is 394 g/mol. The lowest BCUT2D eigenvalue weighted by atomic mass is 10.3. The molecule has 6 nitrogen and oxygen atoms in total. The molecule has 8 heteroatoms. The Balaban J connectivity index is 2.14. The Labute approximate surface area is 172 Å². The first kappa shape index (κ1) is 22.4. The summed E-state index contributed by atoms with van der Waals surface area (Å²) < 4.78 is 24.2. The van der Waals surface area contributed by atoms with Gasteiger partial charge in [-0.3, -0.25) is 0 Å². The largest absolute Gasteiger partial charge is 0.322 e. The fraction of sp³-hybridized carbons (Fsp3) is 0.450. The Bertz CT molecular complexity index is 847. The molecule has 0 aliphatic carbocycles. The van der Waals surface area contributed by atoms with Crippen molar-refractivity contribution in [1.29, 1.82) is 0 Å². The lowest BCUT2D eigenvalue weighted by molar-refractivity contribution is 0.195. The van der Waals surface area contributed by atoms with Gasteiger partial charge in [-0.2, -0.15) is 0 Å². The molecule has 0 unspecified atom stereocenters. The molecule has 0 saturated heterocycles. The molecule has 1 aromatic carbocycles. The summed E-state index contributed by atoms with van der Waals surface area (Å²) in [5.41, 5.74) is 0.485. The van der Waals surface area contributed by atoms with Crippen LogP contribution >= 0.6 is 11.3 Å². The summed E-state index contributed by atoms with van der Waals surface area (Å²) in [6.45, 7) is 9.59. The molecule has 0 radical (unpaired) electrons. The number of nitrogens with one attached hydrogen (secondary N) is 1. The predicted molar refractivity (Wildman–Crippen MR) is 116 cm³/mol. The lowest BCUT2D eigenvalue weighted by Gasteiger charge is -2.26. The Morgan fingerprint density at radius 3 is 2.43 bits per heavy atom. The van der Waals surface area contributed by atoms with Crippen LogP contribution in [0, 0.1) is 0 Å². The molecule has 0 fully saturated rings. The zero-order valence-electron chi connectivity index (χ0n) is 16.7. The van der Waals surface area contributed by atoms with Crippen LogP contribution in [-0.4, -0.2) is 56.2 Å². The van der Waals surface area contributed by atoms with Crippen LogP contribution < -0.4 is 5.32 Å². The Morgan fingerprint density at radius 2 is 1.82 bits per heavy atom. The van der Waals surface area contributed by atoms with Crippen molar-refractivity contribution in [3.05, 3.63) is 46.7 Å². The molecule has 0 saturated carbocycles. The van der Waals surface area contributed by atoms with Gasteiger partial charge in [0, 0.05) is 23.7 Å². The van der Waals surface area contributed by atoms with Crippen molar-refractivity contribution in [2.75, 3.05) is 37.2 Å². The van der Waals surface area contributed by atoms with Crippen LogP contribution in [0.5, 0.6) is 0 Å². The average molecular weight is 424 g/mol. The Kier molecular flexibility index (Phi) is 8.47. The maximum Gasteiger partial charge on any atom is 0.322 e. The van der Waals surface area contributed by atoms with Crippen molar-refractivity contribution in [3.63, 3.8) is 0 Å². The van der Waals surface area contributed by atoms with Crippen LogP contribution in [0.2, 0.25) is 0 Å². The number of anilines is 1. The first-order valence-corrected chi connectivity index (χ1v) is 12.1. The third kappa shape index (κ3) is 6.32. The van der Waals surface area contributed by atoms with Gasteiger partial charge in [-0.25, -0.2) is 13.2 Å². The molecule has 1 aromatic heterocycles. The van der Waals surface area contributed by atoms with Gasteiger partial charge in [0.05, 0.1) is 17.2 Å². The first-order chi connectivity index (χ1) is 13.4. The number of hydrogen-bond acceptors (Lipinski definition) is 5. The summed E-state index contributed by atoms with van der Waals surface area (Å²) in [7, 11) is -3.32. The maximum absolute atomic E-state index is 12.9. The highest BCUT2D eigenvalue weighted by molar-refractivity contribution is 7.91. The van der Waals surface area contributed by atoms with Crippen LogP contribution in [0.4, 0.5) is 10.5 Å². The fourth-order valence-corrected chi connectivity index (χ4v) is 4.43. The number of benzene rings is 1. The number of sulfone groups is 1. The second kappa shape index (κ2) is 10.6. The third-order valence-electron chi connectivity index (χ3n) is 4.62. The summed E-state index contributed by atoms with van der Waals surface area (Å²) in [5.74, 6) is 0.0266. The molecule has 1 N–H and O–H groups in total. The van der Waals surface area contributed by atoms with Gasteiger partial charge in [0.25, 0.3) is 0 Å². The molecule has 154 valence electrons. The molecule has 2 amide bonds. The minimum Gasteiger partial charge on any atom is -0.318 e. The topological polar surface area (TPSA) is 69.7 Å². The van der Waals surface area contributed by atoms with Gasteiger partial charge in [-0.05, 0) is 42.7 Å². The van der Waals surface area contributed by atoms with E-state index in [4.69, 9.17) is 0 Å². The molecule has 0 spiro atoms. The van der Waals surface area contributed by atoms with E-state index < -0.39 is 9.84 Å². The van der Waals surface area contributed by atoms with E-state index in [1.54, 1.807) is 41.4 Å². The molecule has 0 aliphatic heterocycles. The number of likely N-dealkylation sites (N-methyl/N-ethyl adjacent to an activating group) is 1. The smallest absolute Gasteiger partial charge is 0.318 e. The predicted octanol–water partition coefficient (Wildman–Crippen LogP) is 3.92. The molecule has 2 aromatic rings. The van der Waals surface area contributed by atoms with E-state index in [0.717, 1.165) is 24.5 Å². The molecule has 0 atom stereocenters. The van der Waals surface area contributed by atoms with E-state index in [2.05, 4.69) is 24.1 Å². The Hall–Kier alpha value is -1.90. The van der Waals surface area contributed by atoms with E-state index >= 15 is 0 Å². The van der Waals surface area contributed by atoms with Gasteiger partial charge in [-0.15, -0.1) is 11.3 Å². The lowest BCUT2D eigenvalue weighted by Crippen LogP contribution is -2.40. The van der Waals surface area contributed by atoms with Crippen molar-refractivity contribution in [2.24, 2.45) is 0 Å². The van der Waals surface area contributed by atoms with Crippen molar-refractivity contribution in [2.45, 2.75) is 32.2 Å². The monoisotopic (exact) mass is 423 g/mol. The van der Waals surface area contributed by atoms with E-state index in [9.17, 15) is 13.2 Å². The molecule has 0 bridgehead atoms. The first-order valence-electron chi connectivity index (χ1n) is 9.53. The minimum atomic E-state index is -3.32. The van der Waals surface area contributed by atoms with Gasteiger partial charge in [0.1, 0.15) is 0 Å². The van der Waals surface area contributed by atoms with E-state index in [1.165, 1.54) is 6.07 Å². The number of carbonyl (C=O) groups excluding carboxylic acids is 1. The highest BCUT2D eigenvalue weighted by atomic mass is 32.2. The standard InChI is InChI=1S/C20H29N3O3S2/c1-4-22(5-2)12-13-23(16-18-10-8-14-27-18)20(24)21-17-9-7-11-19(15-17)28(25,26)6-3/h7-11,14-15H,4-6,12-13,16H2,1-3H3,(H,21,24).